The lowest BCUT2D eigenvalue weighted by atomic mass is 9.97. The first kappa shape index (κ1) is 19.5. The Hall–Kier alpha value is -2.86. The lowest BCUT2D eigenvalue weighted by molar-refractivity contribution is 0.0792. The van der Waals surface area contributed by atoms with Crippen LogP contribution in [0.15, 0.2) is 65.8 Å². The molecular weight excluding hydrogens is 380 g/mol. The van der Waals surface area contributed by atoms with Crippen molar-refractivity contribution >= 4 is 23.6 Å². The summed E-state index contributed by atoms with van der Waals surface area (Å²) in [7, 11) is 0. The van der Waals surface area contributed by atoms with Crippen LogP contribution in [0.3, 0.4) is 0 Å². The summed E-state index contributed by atoms with van der Waals surface area (Å²) in [4.78, 5) is 24.9. The number of anilines is 1. The van der Waals surface area contributed by atoms with Gasteiger partial charge in [0.25, 0.3) is 5.91 Å². The topological polar surface area (TPSA) is 58.1 Å². The Bertz CT molecular complexity index is 1010. The monoisotopic (exact) mass is 404 g/mol. The van der Waals surface area contributed by atoms with Gasteiger partial charge in [-0.1, -0.05) is 48.0 Å². The van der Waals surface area contributed by atoms with E-state index in [1.54, 1.807) is 11.8 Å². The molecule has 0 bridgehead atoms. The van der Waals surface area contributed by atoms with Crippen molar-refractivity contribution in [3.05, 3.63) is 72.1 Å². The number of thioether (sulfide) groups is 1. The van der Waals surface area contributed by atoms with Gasteiger partial charge in [0.2, 0.25) is 5.95 Å². The Morgan fingerprint density at radius 1 is 1.14 bits per heavy atom. The molecule has 0 aliphatic carbocycles. The summed E-state index contributed by atoms with van der Waals surface area (Å²) in [6, 6.07) is 16.3. The minimum Gasteiger partial charge on any atom is -0.350 e. The third-order valence-corrected chi connectivity index (χ3v) is 5.84. The fourth-order valence-electron chi connectivity index (χ4n) is 3.65. The van der Waals surface area contributed by atoms with Gasteiger partial charge in [-0.3, -0.25) is 4.79 Å². The smallest absolute Gasteiger partial charge is 0.254 e. The molecule has 29 heavy (non-hydrogen) atoms. The number of rotatable bonds is 5. The number of nitrogens with one attached hydrogen (secondary N) is 1. The summed E-state index contributed by atoms with van der Waals surface area (Å²) in [5.74, 6) is 0.687. The standard InChI is InChI=1S/C23H24N4OS/c1-16-6-5-7-17(12-16)20-8-3-4-9-21(20)22(28)27-11-10-18(15-27)26-23-24-13-19(29-2)14-25-23/h3-9,12-14,18H,10-11,15H2,1-2H3,(H,24,25,26). The van der Waals surface area contributed by atoms with E-state index in [2.05, 4.69) is 40.4 Å². The lowest BCUT2D eigenvalue weighted by Gasteiger charge is -2.19. The van der Waals surface area contributed by atoms with Gasteiger partial charge in [0.05, 0.1) is 0 Å². The number of nitrogens with zero attached hydrogens (tertiary/aromatic N) is 3. The van der Waals surface area contributed by atoms with Crippen molar-refractivity contribution in [2.24, 2.45) is 0 Å². The number of carbonyl (C=O) groups excluding carboxylic acids is 1. The highest BCUT2D eigenvalue weighted by molar-refractivity contribution is 7.98. The number of aromatic nitrogens is 2. The van der Waals surface area contributed by atoms with Crippen LogP contribution in [0.1, 0.15) is 22.3 Å². The first-order valence-corrected chi connectivity index (χ1v) is 10.9. The molecule has 0 saturated carbocycles. The van der Waals surface area contributed by atoms with Crippen LogP contribution >= 0.6 is 11.8 Å². The molecule has 0 spiro atoms. The van der Waals surface area contributed by atoms with Crippen LogP contribution in [0, 0.1) is 6.92 Å². The number of benzene rings is 2. The first-order chi connectivity index (χ1) is 14.1. The van der Waals surface area contributed by atoms with Crippen LogP contribution in [0.4, 0.5) is 5.95 Å². The highest BCUT2D eigenvalue weighted by Crippen LogP contribution is 2.27. The summed E-state index contributed by atoms with van der Waals surface area (Å²) < 4.78 is 0. The fraction of sp³-hybridized carbons (Fsp3) is 0.261. The summed E-state index contributed by atoms with van der Waals surface area (Å²) in [5, 5.41) is 3.36. The lowest BCUT2D eigenvalue weighted by Crippen LogP contribution is -2.32. The molecule has 1 unspecified atom stereocenters. The van der Waals surface area contributed by atoms with Gasteiger partial charge < -0.3 is 10.2 Å². The highest BCUT2D eigenvalue weighted by Gasteiger charge is 2.28. The second kappa shape index (κ2) is 8.66. The minimum absolute atomic E-state index is 0.0741. The number of aryl methyl sites for hydroxylation is 1. The van der Waals surface area contributed by atoms with Crippen LogP contribution in [-0.2, 0) is 0 Å². The normalized spacial score (nSPS) is 16.1. The van der Waals surface area contributed by atoms with Crippen molar-refractivity contribution in [3.8, 4) is 11.1 Å². The summed E-state index contributed by atoms with van der Waals surface area (Å²) in [5.41, 5.74) is 3.99. The average molecular weight is 405 g/mol. The van der Waals surface area contributed by atoms with Crippen LogP contribution in [0.5, 0.6) is 0 Å². The predicted octanol–water partition coefficient (Wildman–Crippen LogP) is 4.50. The van der Waals surface area contributed by atoms with Gasteiger partial charge in [0, 0.05) is 42.0 Å². The Morgan fingerprint density at radius 3 is 2.69 bits per heavy atom. The Balaban J connectivity index is 1.48. The Morgan fingerprint density at radius 2 is 1.93 bits per heavy atom. The van der Waals surface area contributed by atoms with Crippen LogP contribution in [-0.4, -0.2) is 46.2 Å². The van der Waals surface area contributed by atoms with E-state index in [0.29, 0.717) is 12.5 Å². The zero-order chi connectivity index (χ0) is 20.2. The molecule has 1 aromatic heterocycles. The van der Waals surface area contributed by atoms with Crippen LogP contribution in [0.2, 0.25) is 0 Å². The SMILES string of the molecule is CSc1cnc(NC2CCN(C(=O)c3ccccc3-c3cccc(C)c3)C2)nc1. The number of hydrogen-bond acceptors (Lipinski definition) is 5. The second-order valence-corrected chi connectivity index (χ2v) is 8.12. The third kappa shape index (κ3) is 4.43. The molecule has 1 saturated heterocycles. The number of carbonyl (C=O) groups is 1. The van der Waals surface area contributed by atoms with Gasteiger partial charge in [-0.15, -0.1) is 11.8 Å². The maximum absolute atomic E-state index is 13.3. The molecule has 2 aromatic carbocycles. The molecule has 1 amide bonds. The molecule has 1 aliphatic heterocycles. The number of amides is 1. The van der Waals surface area contributed by atoms with E-state index in [1.165, 1.54) is 5.56 Å². The Labute approximate surface area is 175 Å². The third-order valence-electron chi connectivity index (χ3n) is 5.16. The van der Waals surface area contributed by atoms with E-state index in [1.807, 2.05) is 53.9 Å². The van der Waals surface area contributed by atoms with Crippen molar-refractivity contribution in [3.63, 3.8) is 0 Å². The van der Waals surface area contributed by atoms with E-state index in [-0.39, 0.29) is 11.9 Å². The molecular formula is C23H24N4OS. The molecule has 1 aliphatic rings. The predicted molar refractivity (Wildman–Crippen MR) is 118 cm³/mol. The van der Waals surface area contributed by atoms with Crippen molar-refractivity contribution in [1.29, 1.82) is 0 Å². The maximum Gasteiger partial charge on any atom is 0.254 e. The van der Waals surface area contributed by atoms with Gasteiger partial charge in [-0.25, -0.2) is 9.97 Å². The molecule has 1 N–H and O–H groups in total. The van der Waals surface area contributed by atoms with Crippen LogP contribution < -0.4 is 5.32 Å². The van der Waals surface area contributed by atoms with Crippen molar-refractivity contribution in [2.45, 2.75) is 24.3 Å². The number of likely N-dealkylation sites (tertiary alicyclic amines) is 1. The van der Waals surface area contributed by atoms with E-state index in [9.17, 15) is 4.79 Å². The summed E-state index contributed by atoms with van der Waals surface area (Å²) >= 11 is 1.62. The van der Waals surface area contributed by atoms with E-state index < -0.39 is 0 Å². The average Bonchev–Trinajstić information content (AvgIpc) is 3.22. The van der Waals surface area contributed by atoms with E-state index >= 15 is 0 Å². The largest absolute Gasteiger partial charge is 0.350 e. The molecule has 4 rings (SSSR count). The molecule has 1 atom stereocenters. The number of hydrogen-bond donors (Lipinski definition) is 1. The van der Waals surface area contributed by atoms with Crippen LogP contribution in [0.25, 0.3) is 11.1 Å². The zero-order valence-corrected chi connectivity index (χ0v) is 17.4. The molecule has 148 valence electrons. The molecule has 3 aromatic rings. The Kier molecular flexibility index (Phi) is 5.81. The van der Waals surface area contributed by atoms with Crippen molar-refractivity contribution in [2.75, 3.05) is 24.7 Å². The van der Waals surface area contributed by atoms with Gasteiger partial charge in [-0.2, -0.15) is 0 Å². The molecule has 5 nitrogen and oxygen atoms in total. The van der Waals surface area contributed by atoms with Gasteiger partial charge in [0.1, 0.15) is 0 Å². The molecule has 0 radical (unpaired) electrons. The maximum atomic E-state index is 13.3. The zero-order valence-electron chi connectivity index (χ0n) is 16.6. The summed E-state index contributed by atoms with van der Waals surface area (Å²) in [6.07, 6.45) is 6.51. The molecule has 1 fully saturated rings. The molecule has 2 heterocycles. The fourth-order valence-corrected chi connectivity index (χ4v) is 3.96. The van der Waals surface area contributed by atoms with Gasteiger partial charge in [0.15, 0.2) is 0 Å². The van der Waals surface area contributed by atoms with Gasteiger partial charge in [-0.05, 0) is 36.8 Å². The minimum atomic E-state index is 0.0741. The van der Waals surface area contributed by atoms with Crippen molar-refractivity contribution < 1.29 is 4.79 Å². The first-order valence-electron chi connectivity index (χ1n) is 9.72. The van der Waals surface area contributed by atoms with Gasteiger partial charge >= 0.3 is 0 Å². The second-order valence-electron chi connectivity index (χ2n) is 7.24. The van der Waals surface area contributed by atoms with Crippen molar-refractivity contribution in [1.82, 2.24) is 14.9 Å². The van der Waals surface area contributed by atoms with E-state index in [0.717, 1.165) is 34.6 Å². The highest BCUT2D eigenvalue weighted by atomic mass is 32.2. The summed E-state index contributed by atoms with van der Waals surface area (Å²) in [6.45, 7) is 3.44. The molecule has 6 heteroatoms. The quantitative estimate of drug-likeness (QED) is 0.635. The van der Waals surface area contributed by atoms with E-state index in [4.69, 9.17) is 0 Å².